The van der Waals surface area contributed by atoms with Gasteiger partial charge >= 0.3 is 0 Å². The minimum atomic E-state index is -0.538. The first-order chi connectivity index (χ1) is 14.5. The lowest BCUT2D eigenvalue weighted by atomic mass is 10.1. The molecule has 0 bridgehead atoms. The fourth-order valence-electron chi connectivity index (χ4n) is 3.23. The molecule has 1 unspecified atom stereocenters. The molecule has 3 aromatic rings. The zero-order valence-corrected chi connectivity index (χ0v) is 17.0. The number of amides is 2. The summed E-state index contributed by atoms with van der Waals surface area (Å²) in [7, 11) is 1.66. The SMILES string of the molecule is CN1C(=O)C(CNC(=O)c2cn(Cc3ccccc3)nn2)COc2ccc(Cl)cc21. The third-order valence-electron chi connectivity index (χ3n) is 4.87. The number of nitrogens with one attached hydrogen (secondary N) is 1. The van der Waals surface area contributed by atoms with Crippen molar-refractivity contribution in [2.45, 2.75) is 6.54 Å². The van der Waals surface area contributed by atoms with E-state index in [9.17, 15) is 9.59 Å². The van der Waals surface area contributed by atoms with E-state index in [2.05, 4.69) is 15.6 Å². The third kappa shape index (κ3) is 4.28. The number of anilines is 1. The molecule has 8 nitrogen and oxygen atoms in total. The fourth-order valence-corrected chi connectivity index (χ4v) is 3.40. The Hall–Kier alpha value is -3.39. The van der Waals surface area contributed by atoms with Crippen LogP contribution in [0.1, 0.15) is 16.1 Å². The molecule has 0 fully saturated rings. The van der Waals surface area contributed by atoms with Crippen molar-refractivity contribution in [3.63, 3.8) is 0 Å². The normalized spacial score (nSPS) is 15.9. The van der Waals surface area contributed by atoms with E-state index in [-0.39, 0.29) is 24.8 Å². The van der Waals surface area contributed by atoms with Crippen LogP contribution in [0.3, 0.4) is 0 Å². The van der Waals surface area contributed by atoms with Crippen LogP contribution in [0.4, 0.5) is 5.69 Å². The Morgan fingerprint density at radius 3 is 2.87 bits per heavy atom. The Balaban J connectivity index is 1.38. The quantitative estimate of drug-likeness (QED) is 0.678. The van der Waals surface area contributed by atoms with Gasteiger partial charge in [-0.2, -0.15) is 0 Å². The molecule has 1 aromatic heterocycles. The lowest BCUT2D eigenvalue weighted by molar-refractivity contribution is -0.122. The number of fused-ring (bicyclic) bond motifs is 1. The third-order valence-corrected chi connectivity index (χ3v) is 5.10. The van der Waals surface area contributed by atoms with Crippen molar-refractivity contribution in [3.05, 3.63) is 71.0 Å². The lowest BCUT2D eigenvalue weighted by Crippen LogP contribution is -2.41. The van der Waals surface area contributed by atoms with Gasteiger partial charge in [-0.1, -0.05) is 47.1 Å². The monoisotopic (exact) mass is 425 g/mol. The average Bonchev–Trinajstić information content (AvgIpc) is 3.18. The summed E-state index contributed by atoms with van der Waals surface area (Å²) in [6.07, 6.45) is 1.58. The van der Waals surface area contributed by atoms with Gasteiger partial charge in [0.1, 0.15) is 12.4 Å². The Morgan fingerprint density at radius 2 is 2.07 bits per heavy atom. The minimum absolute atomic E-state index is 0.120. The number of hydrogen-bond donors (Lipinski definition) is 1. The number of nitrogens with zero attached hydrogens (tertiary/aromatic N) is 4. The Labute approximate surface area is 178 Å². The van der Waals surface area contributed by atoms with Gasteiger partial charge in [-0.3, -0.25) is 9.59 Å². The first kappa shape index (κ1) is 19.9. The van der Waals surface area contributed by atoms with Gasteiger partial charge < -0.3 is 15.0 Å². The van der Waals surface area contributed by atoms with Crippen LogP contribution < -0.4 is 15.0 Å². The summed E-state index contributed by atoms with van der Waals surface area (Å²) in [5.41, 5.74) is 1.85. The minimum Gasteiger partial charge on any atom is -0.490 e. The Bertz CT molecular complexity index is 1070. The smallest absolute Gasteiger partial charge is 0.273 e. The van der Waals surface area contributed by atoms with E-state index in [0.717, 1.165) is 5.56 Å². The molecule has 2 heterocycles. The summed E-state index contributed by atoms with van der Waals surface area (Å²) in [5.74, 6) is -0.518. The summed E-state index contributed by atoms with van der Waals surface area (Å²) < 4.78 is 7.36. The van der Waals surface area contributed by atoms with E-state index >= 15 is 0 Å². The number of hydrogen-bond acceptors (Lipinski definition) is 5. The van der Waals surface area contributed by atoms with Crippen molar-refractivity contribution >= 4 is 29.1 Å². The number of benzene rings is 2. The molecular weight excluding hydrogens is 406 g/mol. The maximum Gasteiger partial charge on any atom is 0.273 e. The summed E-state index contributed by atoms with van der Waals surface area (Å²) in [6, 6.07) is 14.9. The zero-order chi connectivity index (χ0) is 21.1. The lowest BCUT2D eigenvalue weighted by Gasteiger charge is -2.19. The van der Waals surface area contributed by atoms with Crippen LogP contribution in [0, 0.1) is 5.92 Å². The van der Waals surface area contributed by atoms with E-state index in [0.29, 0.717) is 23.0 Å². The second-order valence-electron chi connectivity index (χ2n) is 7.01. The molecule has 9 heteroatoms. The molecule has 0 spiro atoms. The molecule has 30 heavy (non-hydrogen) atoms. The first-order valence-electron chi connectivity index (χ1n) is 9.43. The summed E-state index contributed by atoms with van der Waals surface area (Å²) in [5, 5.41) is 11.2. The molecule has 0 aliphatic carbocycles. The Kier molecular flexibility index (Phi) is 5.67. The predicted octanol–water partition coefficient (Wildman–Crippen LogP) is 2.38. The topological polar surface area (TPSA) is 89.4 Å². The van der Waals surface area contributed by atoms with Crippen molar-refractivity contribution in [3.8, 4) is 5.75 Å². The summed E-state index contributed by atoms with van der Waals surface area (Å²) in [4.78, 5) is 26.8. The van der Waals surface area contributed by atoms with Crippen LogP contribution in [0.2, 0.25) is 5.02 Å². The number of carbonyl (C=O) groups is 2. The van der Waals surface area contributed by atoms with E-state index in [1.54, 1.807) is 36.1 Å². The molecule has 1 N–H and O–H groups in total. The maximum atomic E-state index is 12.8. The molecule has 154 valence electrons. The van der Waals surface area contributed by atoms with Gasteiger partial charge in [0.05, 0.1) is 24.3 Å². The second kappa shape index (κ2) is 8.54. The highest BCUT2D eigenvalue weighted by molar-refractivity contribution is 6.31. The van der Waals surface area contributed by atoms with Crippen LogP contribution in [0.25, 0.3) is 0 Å². The molecular formula is C21H20ClN5O3. The van der Waals surface area contributed by atoms with Gasteiger partial charge in [0, 0.05) is 18.6 Å². The van der Waals surface area contributed by atoms with Crippen molar-refractivity contribution < 1.29 is 14.3 Å². The van der Waals surface area contributed by atoms with Crippen LogP contribution in [0.5, 0.6) is 5.75 Å². The number of ether oxygens (including phenoxy) is 1. The molecule has 0 saturated carbocycles. The van der Waals surface area contributed by atoms with Crippen LogP contribution in [-0.2, 0) is 11.3 Å². The van der Waals surface area contributed by atoms with E-state index in [4.69, 9.17) is 16.3 Å². The number of aromatic nitrogens is 3. The fraction of sp³-hybridized carbons (Fsp3) is 0.238. The Morgan fingerprint density at radius 1 is 1.27 bits per heavy atom. The molecule has 4 rings (SSSR count). The van der Waals surface area contributed by atoms with Gasteiger partial charge in [0.25, 0.3) is 5.91 Å². The molecule has 0 radical (unpaired) electrons. The number of halogens is 1. The highest BCUT2D eigenvalue weighted by atomic mass is 35.5. The van der Waals surface area contributed by atoms with E-state index in [1.165, 1.54) is 4.90 Å². The van der Waals surface area contributed by atoms with Crippen molar-refractivity contribution in [2.75, 3.05) is 25.1 Å². The average molecular weight is 426 g/mol. The van der Waals surface area contributed by atoms with Crippen LogP contribution in [0.15, 0.2) is 54.7 Å². The largest absolute Gasteiger partial charge is 0.490 e. The molecule has 0 saturated heterocycles. The van der Waals surface area contributed by atoms with Crippen molar-refractivity contribution in [1.29, 1.82) is 0 Å². The van der Waals surface area contributed by atoms with Gasteiger partial charge in [0.2, 0.25) is 5.91 Å². The zero-order valence-electron chi connectivity index (χ0n) is 16.3. The van der Waals surface area contributed by atoms with Gasteiger partial charge in [-0.15, -0.1) is 5.10 Å². The first-order valence-corrected chi connectivity index (χ1v) is 9.81. The molecule has 1 atom stereocenters. The number of carbonyl (C=O) groups excluding carboxylic acids is 2. The van der Waals surface area contributed by atoms with Crippen LogP contribution >= 0.6 is 11.6 Å². The molecule has 1 aliphatic rings. The standard InChI is InChI=1S/C21H20ClN5O3/c1-26-18-9-16(22)7-8-19(18)30-13-15(21(26)29)10-23-20(28)17-12-27(25-24-17)11-14-5-3-2-4-6-14/h2-9,12,15H,10-11,13H2,1H3,(H,23,28). The van der Waals surface area contributed by atoms with Gasteiger partial charge in [-0.05, 0) is 23.8 Å². The summed E-state index contributed by atoms with van der Waals surface area (Å²) in [6.45, 7) is 0.787. The summed E-state index contributed by atoms with van der Waals surface area (Å²) >= 11 is 6.04. The molecule has 2 amide bonds. The van der Waals surface area contributed by atoms with Crippen LogP contribution in [-0.4, -0.2) is 47.0 Å². The predicted molar refractivity (Wildman–Crippen MR) is 112 cm³/mol. The highest BCUT2D eigenvalue weighted by Crippen LogP contribution is 2.34. The second-order valence-corrected chi connectivity index (χ2v) is 7.45. The van der Waals surface area contributed by atoms with Crippen molar-refractivity contribution in [2.24, 2.45) is 5.92 Å². The highest BCUT2D eigenvalue weighted by Gasteiger charge is 2.30. The van der Waals surface area contributed by atoms with E-state index < -0.39 is 11.8 Å². The van der Waals surface area contributed by atoms with Gasteiger partial charge in [0.15, 0.2) is 5.69 Å². The van der Waals surface area contributed by atoms with Gasteiger partial charge in [-0.25, -0.2) is 4.68 Å². The molecule has 2 aromatic carbocycles. The van der Waals surface area contributed by atoms with E-state index in [1.807, 2.05) is 30.3 Å². The molecule has 1 aliphatic heterocycles. The maximum absolute atomic E-state index is 12.8. The van der Waals surface area contributed by atoms with Crippen molar-refractivity contribution in [1.82, 2.24) is 20.3 Å². The number of rotatable bonds is 5.